The highest BCUT2D eigenvalue weighted by atomic mass is 32.3. The molecule has 2 N–H and O–H groups in total. The van der Waals surface area contributed by atoms with Crippen LogP contribution >= 0.6 is 22.7 Å². The average molecular weight is 467 g/mol. The van der Waals surface area contributed by atoms with Crippen molar-refractivity contribution >= 4 is 22.7 Å². The summed E-state index contributed by atoms with van der Waals surface area (Å²) >= 11 is 3.32. The van der Waals surface area contributed by atoms with Gasteiger partial charge in [-0.05, 0) is 86.9 Å². The van der Waals surface area contributed by atoms with Gasteiger partial charge in [0.15, 0.2) is 0 Å². The van der Waals surface area contributed by atoms with Gasteiger partial charge in [0.2, 0.25) is 0 Å². The highest BCUT2D eigenvalue weighted by Crippen LogP contribution is 2.66. The van der Waals surface area contributed by atoms with E-state index in [1.807, 2.05) is 5.25 Å². The summed E-state index contributed by atoms with van der Waals surface area (Å²) < 4.78 is 5.56. The van der Waals surface area contributed by atoms with Crippen molar-refractivity contribution in [2.75, 3.05) is 31.6 Å². The van der Waals surface area contributed by atoms with Crippen LogP contribution in [0.3, 0.4) is 0 Å². The van der Waals surface area contributed by atoms with Crippen molar-refractivity contribution in [2.24, 2.45) is 23.2 Å². The van der Waals surface area contributed by atoms with E-state index in [2.05, 4.69) is 50.8 Å². The highest BCUT2D eigenvalue weighted by molar-refractivity contribution is 8.32. The van der Waals surface area contributed by atoms with Crippen molar-refractivity contribution in [1.82, 2.24) is 0 Å². The summed E-state index contributed by atoms with van der Waals surface area (Å²) in [5.74, 6) is 3.34. The van der Waals surface area contributed by atoms with E-state index in [-0.39, 0.29) is 17.4 Å². The van der Waals surface area contributed by atoms with Gasteiger partial charge in [0, 0.05) is 23.5 Å². The number of thiol groups is 1. The molecule has 5 heteroatoms. The summed E-state index contributed by atoms with van der Waals surface area (Å²) in [5.41, 5.74) is 2.29. The topological polar surface area (TPSA) is 49.7 Å². The van der Waals surface area contributed by atoms with Gasteiger partial charge in [0.25, 0.3) is 0 Å². The third-order valence-corrected chi connectivity index (χ3v) is 9.83. The normalized spacial score (nSPS) is 39.8. The molecule has 0 saturated heterocycles. The number of aliphatic hydroxyl groups is 2. The second kappa shape index (κ2) is 9.37. The Morgan fingerprint density at radius 3 is 2.55 bits per heavy atom. The molecule has 6 atom stereocenters. The van der Waals surface area contributed by atoms with Crippen LogP contribution in [0, 0.1) is 34.8 Å². The molecule has 0 radical (unpaired) electrons. The fourth-order valence-corrected chi connectivity index (χ4v) is 9.46. The number of methoxy groups -OCH3 is 1. The smallest absolute Gasteiger partial charge is 0.0959 e. The summed E-state index contributed by atoms with van der Waals surface area (Å²) in [7, 11) is 0.915. The Morgan fingerprint density at radius 2 is 1.97 bits per heavy atom. The fraction of sp³-hybridized carbons (Fsp3) is 0.769. The van der Waals surface area contributed by atoms with E-state index in [1.54, 1.807) is 7.11 Å². The molecular weight excluding hydrogens is 424 g/mol. The maximum atomic E-state index is 12.3. The number of ether oxygens (including phenoxy) is 1. The van der Waals surface area contributed by atoms with Gasteiger partial charge >= 0.3 is 0 Å². The molecule has 0 aromatic heterocycles. The van der Waals surface area contributed by atoms with Gasteiger partial charge in [-0.15, -0.1) is 6.42 Å². The summed E-state index contributed by atoms with van der Waals surface area (Å²) in [4.78, 5) is 0. The quantitative estimate of drug-likeness (QED) is 0.306. The minimum absolute atomic E-state index is 0.0825. The second-order valence-electron chi connectivity index (χ2n) is 11.0. The lowest BCUT2D eigenvalue weighted by atomic mass is 9.48. The molecule has 4 aliphatic rings. The molecule has 4 rings (SSSR count). The van der Waals surface area contributed by atoms with Crippen LogP contribution < -0.4 is 0 Å². The average Bonchev–Trinajstić information content (AvgIpc) is 3.02. The number of hydrogen-bond donors (Lipinski definition) is 3. The minimum atomic E-state index is -0.862. The van der Waals surface area contributed by atoms with Crippen LogP contribution in [0.1, 0.15) is 58.3 Å². The summed E-state index contributed by atoms with van der Waals surface area (Å²) in [6, 6.07) is 0. The SMILES string of the molecule is C#CS.CCC12CC(O)(CS(C)(C)C)C3C4=C(CCC3C1CCC2O)CC(OC)=CC4. The Balaban J connectivity index is 0.000000858. The maximum absolute atomic E-state index is 12.3. The van der Waals surface area contributed by atoms with Gasteiger partial charge in [-0.25, -0.2) is 10.0 Å². The zero-order valence-electron chi connectivity index (χ0n) is 20.0. The molecule has 176 valence electrons. The van der Waals surface area contributed by atoms with E-state index in [4.69, 9.17) is 4.74 Å². The number of aliphatic hydroxyl groups excluding tert-OH is 1. The molecule has 0 spiro atoms. The Morgan fingerprint density at radius 1 is 1.29 bits per heavy atom. The zero-order valence-corrected chi connectivity index (χ0v) is 21.7. The largest absolute Gasteiger partial charge is 0.501 e. The van der Waals surface area contributed by atoms with Gasteiger partial charge in [-0.3, -0.25) is 0 Å². The molecule has 31 heavy (non-hydrogen) atoms. The van der Waals surface area contributed by atoms with E-state index >= 15 is 0 Å². The van der Waals surface area contributed by atoms with Crippen molar-refractivity contribution in [2.45, 2.75) is 70.0 Å². The van der Waals surface area contributed by atoms with Gasteiger partial charge in [-0.1, -0.05) is 30.7 Å². The van der Waals surface area contributed by atoms with Crippen LogP contribution in [0.4, 0.5) is 0 Å². The molecule has 0 heterocycles. The first-order chi connectivity index (χ1) is 14.5. The molecule has 4 aliphatic carbocycles. The van der Waals surface area contributed by atoms with Crippen LogP contribution in [-0.4, -0.2) is 53.5 Å². The number of rotatable bonds is 4. The Kier molecular flexibility index (Phi) is 7.58. The standard InChI is InChI=1S/C24H40O3S.C2H2S/c1-6-23-14-24(26,15-28(3,4)5)22-18-10-8-17(27-2)13-16(18)7-9-19(22)20(23)11-12-21(23)25;1-2-3/h8,19-22,25-26H,6-7,9-15H2,1-5H3;1,3H. The van der Waals surface area contributed by atoms with Crippen molar-refractivity contribution in [3.8, 4) is 11.7 Å². The number of allylic oxidation sites excluding steroid dienone is 2. The van der Waals surface area contributed by atoms with Crippen LogP contribution in [0.15, 0.2) is 23.0 Å². The van der Waals surface area contributed by atoms with Crippen molar-refractivity contribution in [1.29, 1.82) is 0 Å². The van der Waals surface area contributed by atoms with Crippen LogP contribution in [-0.2, 0) is 4.74 Å². The summed E-state index contributed by atoms with van der Waals surface area (Å²) in [6.45, 7) is 2.24. The third kappa shape index (κ3) is 4.60. The van der Waals surface area contributed by atoms with Crippen molar-refractivity contribution in [3.63, 3.8) is 0 Å². The third-order valence-electron chi connectivity index (χ3n) is 8.46. The Bertz CT molecular complexity index is 775. The summed E-state index contributed by atoms with van der Waals surface area (Å²) in [6.07, 6.45) is 21.5. The van der Waals surface area contributed by atoms with Gasteiger partial charge in [0.05, 0.1) is 24.6 Å². The lowest BCUT2D eigenvalue weighted by Crippen LogP contribution is -2.61. The van der Waals surface area contributed by atoms with Gasteiger partial charge in [-0.2, -0.15) is 0 Å². The first-order valence-corrected chi connectivity index (χ1v) is 15.1. The predicted octanol–water partition coefficient (Wildman–Crippen LogP) is 5.14. The lowest BCUT2D eigenvalue weighted by Gasteiger charge is -2.60. The van der Waals surface area contributed by atoms with Crippen molar-refractivity contribution < 1.29 is 14.9 Å². The fourth-order valence-electron chi connectivity index (χ4n) is 7.68. The van der Waals surface area contributed by atoms with Crippen molar-refractivity contribution in [3.05, 3.63) is 23.0 Å². The van der Waals surface area contributed by atoms with Crippen LogP contribution in [0.5, 0.6) is 0 Å². The molecule has 6 unspecified atom stereocenters. The molecule has 0 aromatic rings. The first-order valence-electron chi connectivity index (χ1n) is 11.6. The molecule has 3 nitrogen and oxygen atoms in total. The monoisotopic (exact) mass is 466 g/mol. The minimum Gasteiger partial charge on any atom is -0.501 e. The van der Waals surface area contributed by atoms with Gasteiger partial charge in [0.1, 0.15) is 0 Å². The van der Waals surface area contributed by atoms with E-state index in [1.165, 1.54) is 17.6 Å². The highest BCUT2D eigenvalue weighted by Gasteiger charge is 2.64. The predicted molar refractivity (Wildman–Crippen MR) is 137 cm³/mol. The van der Waals surface area contributed by atoms with E-state index in [0.29, 0.717) is 11.8 Å². The van der Waals surface area contributed by atoms with E-state index in [9.17, 15) is 10.2 Å². The molecule has 0 aliphatic heterocycles. The maximum Gasteiger partial charge on any atom is 0.0959 e. The molecule has 0 amide bonds. The number of hydrogen-bond acceptors (Lipinski definition) is 4. The molecule has 2 saturated carbocycles. The zero-order chi connectivity index (χ0) is 23.0. The van der Waals surface area contributed by atoms with E-state index < -0.39 is 15.6 Å². The molecule has 0 aromatic carbocycles. The number of terminal acetylenes is 1. The second-order valence-corrected chi connectivity index (χ2v) is 15.7. The lowest BCUT2D eigenvalue weighted by molar-refractivity contribution is -0.150. The van der Waals surface area contributed by atoms with Crippen LogP contribution in [0.2, 0.25) is 0 Å². The molecule has 2 fully saturated rings. The summed E-state index contributed by atoms with van der Waals surface area (Å²) in [5, 5.41) is 25.3. The molecular formula is C26H42O3S2. The molecule has 0 bridgehead atoms. The van der Waals surface area contributed by atoms with E-state index in [0.717, 1.165) is 56.5 Å². The Hall–Kier alpha value is -0.540. The number of fused-ring (bicyclic) bond motifs is 4. The van der Waals surface area contributed by atoms with Crippen LogP contribution in [0.25, 0.3) is 0 Å². The Labute approximate surface area is 196 Å². The van der Waals surface area contributed by atoms with Gasteiger partial charge < -0.3 is 14.9 Å². The first kappa shape index (κ1) is 25.1.